The highest BCUT2D eigenvalue weighted by Gasteiger charge is 2.31. The van der Waals surface area contributed by atoms with E-state index in [-0.39, 0.29) is 5.91 Å². The highest BCUT2D eigenvalue weighted by Crippen LogP contribution is 2.14. The number of amides is 2. The lowest BCUT2D eigenvalue weighted by molar-refractivity contribution is -0.139. The summed E-state index contributed by atoms with van der Waals surface area (Å²) in [6, 6.07) is 9.14. The molecule has 0 bridgehead atoms. The summed E-state index contributed by atoms with van der Waals surface area (Å²) in [5.74, 6) is -1.51. The van der Waals surface area contributed by atoms with Crippen LogP contribution in [0.3, 0.4) is 0 Å². The van der Waals surface area contributed by atoms with E-state index in [1.165, 1.54) is 0 Å². The van der Waals surface area contributed by atoms with Gasteiger partial charge in [0.25, 0.3) is 0 Å². The van der Waals surface area contributed by atoms with Crippen molar-refractivity contribution in [2.45, 2.75) is 63.0 Å². The van der Waals surface area contributed by atoms with Crippen molar-refractivity contribution in [3.8, 4) is 0 Å². The molecule has 4 N–H and O–H groups in total. The van der Waals surface area contributed by atoms with E-state index in [1.54, 1.807) is 0 Å². The molecular formula is C24H38BN3O6. The lowest BCUT2D eigenvalue weighted by Gasteiger charge is -2.30. The van der Waals surface area contributed by atoms with Gasteiger partial charge in [0, 0.05) is 26.2 Å². The molecular weight excluding hydrogens is 437 g/mol. The summed E-state index contributed by atoms with van der Waals surface area (Å²) in [6.07, 6.45) is 4.24. The van der Waals surface area contributed by atoms with E-state index >= 15 is 0 Å². The van der Waals surface area contributed by atoms with E-state index in [2.05, 4.69) is 15.5 Å². The highest BCUT2D eigenvalue weighted by atomic mass is 16.5. The molecule has 1 aromatic rings. The summed E-state index contributed by atoms with van der Waals surface area (Å²) >= 11 is 0. The average Bonchev–Trinajstić information content (AvgIpc) is 2.87. The van der Waals surface area contributed by atoms with Crippen molar-refractivity contribution < 1.29 is 29.1 Å². The largest absolute Gasteiger partial charge is 0.475 e. The first-order valence-corrected chi connectivity index (χ1v) is 12.5. The number of carbonyl (C=O) groups is 2. The van der Waals surface area contributed by atoms with Crippen molar-refractivity contribution in [3.63, 3.8) is 0 Å². The van der Waals surface area contributed by atoms with E-state index in [4.69, 9.17) is 9.47 Å². The van der Waals surface area contributed by atoms with Gasteiger partial charge in [-0.15, -0.1) is 0 Å². The van der Waals surface area contributed by atoms with Gasteiger partial charge in [-0.3, -0.25) is 14.5 Å². The number of hydrogen-bond acceptors (Lipinski definition) is 7. The number of aryl methyl sites for hydroxylation is 1. The molecule has 1 aromatic carbocycles. The third kappa shape index (κ3) is 9.00. The van der Waals surface area contributed by atoms with Gasteiger partial charge in [-0.2, -0.15) is 0 Å². The molecule has 3 atom stereocenters. The maximum absolute atomic E-state index is 13.2. The Morgan fingerprint density at radius 2 is 1.82 bits per heavy atom. The molecule has 0 aromatic heterocycles. The van der Waals surface area contributed by atoms with Crippen molar-refractivity contribution in [2.75, 3.05) is 39.5 Å². The molecule has 10 heteroatoms. The first-order chi connectivity index (χ1) is 16.5. The minimum atomic E-state index is -1.68. The number of hydrogen-bond donors (Lipinski definition) is 4. The molecule has 0 aliphatic carbocycles. The van der Waals surface area contributed by atoms with Gasteiger partial charge in [0.05, 0.1) is 19.2 Å². The topological polar surface area (TPSA) is 120 Å². The van der Waals surface area contributed by atoms with Crippen LogP contribution in [-0.4, -0.2) is 91.4 Å². The summed E-state index contributed by atoms with van der Waals surface area (Å²) < 4.78 is 11.0. The van der Waals surface area contributed by atoms with Crippen molar-refractivity contribution in [1.82, 2.24) is 15.5 Å². The van der Waals surface area contributed by atoms with Crippen LogP contribution in [0.2, 0.25) is 0 Å². The van der Waals surface area contributed by atoms with Gasteiger partial charge in [0.2, 0.25) is 11.8 Å². The molecule has 0 unspecified atom stereocenters. The molecule has 2 fully saturated rings. The molecule has 188 valence electrons. The van der Waals surface area contributed by atoms with Crippen LogP contribution in [-0.2, 0) is 25.5 Å². The van der Waals surface area contributed by atoms with Gasteiger partial charge in [-0.1, -0.05) is 30.3 Å². The van der Waals surface area contributed by atoms with Crippen LogP contribution in [0.15, 0.2) is 30.3 Å². The number of ether oxygens (including phenoxy) is 2. The van der Waals surface area contributed by atoms with Gasteiger partial charge in [-0.05, 0) is 50.5 Å². The lowest BCUT2D eigenvalue weighted by Crippen LogP contribution is -2.56. The molecule has 2 saturated heterocycles. The first kappa shape index (κ1) is 26.6. The summed E-state index contributed by atoms with van der Waals surface area (Å²) in [4.78, 5) is 28.1. The number of rotatable bonds is 12. The fourth-order valence-electron chi connectivity index (χ4n) is 4.37. The van der Waals surface area contributed by atoms with Crippen LogP contribution in [0.5, 0.6) is 0 Å². The van der Waals surface area contributed by atoms with Crippen LogP contribution >= 0.6 is 0 Å². The molecule has 0 saturated carbocycles. The van der Waals surface area contributed by atoms with E-state index in [9.17, 15) is 19.6 Å². The Morgan fingerprint density at radius 3 is 2.50 bits per heavy atom. The summed E-state index contributed by atoms with van der Waals surface area (Å²) in [5, 5.41) is 25.4. The van der Waals surface area contributed by atoms with Gasteiger partial charge < -0.3 is 30.2 Å². The fourth-order valence-corrected chi connectivity index (χ4v) is 4.37. The molecule has 0 spiro atoms. The second kappa shape index (κ2) is 14.4. The third-order valence-corrected chi connectivity index (χ3v) is 6.45. The standard InChI is InChI=1S/C24H38BN3O6/c29-23(27-22(25(31)32)11-6-9-19-7-2-1-3-8-19)20(12-13-28-14-17-33-18-15-28)26-24(30)21-10-4-5-16-34-21/h1-3,7-8,20-22,31-32H,4-6,9-18H2,(H,26,30)(H,27,29)/t20-,21+,22+/m1/s1. The molecule has 2 aliphatic heterocycles. The summed E-state index contributed by atoms with van der Waals surface area (Å²) in [5.41, 5.74) is 1.16. The molecule has 2 heterocycles. The summed E-state index contributed by atoms with van der Waals surface area (Å²) in [6.45, 7) is 4.05. The Labute approximate surface area is 202 Å². The quantitative estimate of drug-likeness (QED) is 0.321. The Balaban J connectivity index is 1.56. The third-order valence-electron chi connectivity index (χ3n) is 6.45. The maximum atomic E-state index is 13.2. The van der Waals surface area contributed by atoms with Gasteiger partial charge in [-0.25, -0.2) is 0 Å². The first-order valence-electron chi connectivity index (χ1n) is 12.5. The zero-order valence-electron chi connectivity index (χ0n) is 19.9. The zero-order valence-corrected chi connectivity index (χ0v) is 19.9. The van der Waals surface area contributed by atoms with Gasteiger partial charge in [0.15, 0.2) is 0 Å². The molecule has 2 aliphatic rings. The predicted molar refractivity (Wildman–Crippen MR) is 129 cm³/mol. The molecule has 9 nitrogen and oxygen atoms in total. The zero-order chi connectivity index (χ0) is 24.2. The Hall–Kier alpha value is -1.98. The normalized spacial score (nSPS) is 20.8. The maximum Gasteiger partial charge on any atom is 0.475 e. The minimum absolute atomic E-state index is 0.285. The highest BCUT2D eigenvalue weighted by molar-refractivity contribution is 6.43. The van der Waals surface area contributed by atoms with Gasteiger partial charge in [0.1, 0.15) is 12.1 Å². The van der Waals surface area contributed by atoms with Crippen molar-refractivity contribution in [1.29, 1.82) is 0 Å². The number of nitrogens with one attached hydrogen (secondary N) is 2. The molecule has 34 heavy (non-hydrogen) atoms. The van der Waals surface area contributed by atoms with Crippen LogP contribution in [0.1, 0.15) is 44.1 Å². The Bertz CT molecular complexity index is 741. The molecule has 3 rings (SSSR count). The number of nitrogens with zero attached hydrogens (tertiary/aromatic N) is 1. The Kier molecular flexibility index (Phi) is 11.3. The molecule has 2 amide bonds. The number of carbonyl (C=O) groups excluding carboxylic acids is 2. The van der Waals surface area contributed by atoms with Crippen LogP contribution in [0.25, 0.3) is 0 Å². The van der Waals surface area contributed by atoms with E-state index in [0.717, 1.165) is 37.9 Å². The van der Waals surface area contributed by atoms with E-state index < -0.39 is 31.1 Å². The number of morpholine rings is 1. The van der Waals surface area contributed by atoms with Crippen LogP contribution in [0.4, 0.5) is 0 Å². The second-order valence-electron chi connectivity index (χ2n) is 9.07. The lowest BCUT2D eigenvalue weighted by atomic mass is 9.76. The van der Waals surface area contributed by atoms with Crippen molar-refractivity contribution >= 4 is 18.9 Å². The van der Waals surface area contributed by atoms with E-state index in [0.29, 0.717) is 52.0 Å². The SMILES string of the molecule is O=C(N[C@H](CCN1CCOCC1)C(=O)N[C@@H](CCCc1ccccc1)B(O)O)[C@@H]1CCCCO1. The number of benzene rings is 1. The summed E-state index contributed by atoms with van der Waals surface area (Å²) in [7, 11) is -1.68. The van der Waals surface area contributed by atoms with E-state index in [1.807, 2.05) is 30.3 Å². The molecule has 0 radical (unpaired) electrons. The van der Waals surface area contributed by atoms with Crippen molar-refractivity contribution in [2.24, 2.45) is 0 Å². The van der Waals surface area contributed by atoms with Crippen molar-refractivity contribution in [3.05, 3.63) is 35.9 Å². The smallest absolute Gasteiger partial charge is 0.426 e. The Morgan fingerprint density at radius 1 is 1.06 bits per heavy atom. The van der Waals surface area contributed by atoms with Crippen LogP contribution < -0.4 is 10.6 Å². The van der Waals surface area contributed by atoms with Gasteiger partial charge >= 0.3 is 7.12 Å². The average molecular weight is 475 g/mol. The monoisotopic (exact) mass is 475 g/mol. The van der Waals surface area contributed by atoms with Crippen LogP contribution in [0, 0.1) is 0 Å². The second-order valence-corrected chi connectivity index (χ2v) is 9.07. The predicted octanol–water partition coefficient (Wildman–Crippen LogP) is 0.282. The minimum Gasteiger partial charge on any atom is -0.426 e. The fraction of sp³-hybridized carbons (Fsp3) is 0.667.